The average Bonchev–Trinajstić information content (AvgIpc) is 3.28. The van der Waals surface area contributed by atoms with E-state index >= 15 is 0 Å². The molecule has 0 aromatic heterocycles. The number of benzene rings is 1. The van der Waals surface area contributed by atoms with Crippen LogP contribution in [0.1, 0.15) is 50.0 Å². The molecule has 1 N–H and O–H groups in total. The number of nitrogens with one attached hydrogen (secondary N) is 1. The lowest BCUT2D eigenvalue weighted by Gasteiger charge is -2.28. The van der Waals surface area contributed by atoms with E-state index in [4.69, 9.17) is 5.26 Å². The average molecular weight is 268 g/mol. The summed E-state index contributed by atoms with van der Waals surface area (Å²) in [6.07, 6.45) is 5.65. The van der Waals surface area contributed by atoms with Gasteiger partial charge in [-0.1, -0.05) is 30.3 Å². The molecule has 20 heavy (non-hydrogen) atoms. The summed E-state index contributed by atoms with van der Waals surface area (Å²) in [6.45, 7) is 0. The van der Waals surface area contributed by atoms with Gasteiger partial charge in [-0.2, -0.15) is 5.26 Å². The zero-order valence-electron chi connectivity index (χ0n) is 11.6. The van der Waals surface area contributed by atoms with Crippen molar-refractivity contribution in [2.75, 3.05) is 0 Å². The monoisotopic (exact) mass is 268 g/mol. The molecule has 0 saturated heterocycles. The number of carbonyl (C=O) groups is 1. The molecule has 1 aromatic rings. The maximum absolute atomic E-state index is 12.2. The normalized spacial score (nSPS) is 27.4. The van der Waals surface area contributed by atoms with Crippen LogP contribution in [0.3, 0.4) is 0 Å². The van der Waals surface area contributed by atoms with Crippen LogP contribution in [-0.4, -0.2) is 11.4 Å². The van der Waals surface area contributed by atoms with Crippen LogP contribution in [0.4, 0.5) is 0 Å². The van der Waals surface area contributed by atoms with Gasteiger partial charge in [0.25, 0.3) is 0 Å². The molecule has 0 aliphatic heterocycles. The topological polar surface area (TPSA) is 52.9 Å². The molecule has 2 saturated carbocycles. The highest BCUT2D eigenvalue weighted by Gasteiger charge is 2.45. The van der Waals surface area contributed by atoms with Crippen molar-refractivity contribution in [1.29, 1.82) is 5.26 Å². The van der Waals surface area contributed by atoms with Gasteiger partial charge in [0.05, 0.1) is 6.07 Å². The molecule has 0 heterocycles. The molecule has 0 unspecified atom stereocenters. The van der Waals surface area contributed by atoms with E-state index in [1.807, 2.05) is 6.07 Å². The Hall–Kier alpha value is -1.82. The number of carbonyl (C=O) groups excluding carboxylic acids is 1. The van der Waals surface area contributed by atoms with E-state index in [1.165, 1.54) is 5.56 Å². The van der Waals surface area contributed by atoms with Crippen molar-refractivity contribution in [3.05, 3.63) is 35.9 Å². The standard InChI is InChI=1S/C17H20N2O/c18-12-17(10-11-17)19-16(20)15-8-6-14(7-9-15)13-4-2-1-3-5-13/h1-5,14-15H,6-11H2,(H,19,20). The Morgan fingerprint density at radius 2 is 1.80 bits per heavy atom. The number of nitriles is 1. The quantitative estimate of drug-likeness (QED) is 0.915. The van der Waals surface area contributed by atoms with E-state index in [9.17, 15) is 4.79 Å². The Kier molecular flexibility index (Phi) is 3.48. The second-order valence-corrected chi connectivity index (χ2v) is 6.14. The summed E-state index contributed by atoms with van der Waals surface area (Å²) >= 11 is 0. The highest BCUT2D eigenvalue weighted by molar-refractivity contribution is 5.80. The highest BCUT2D eigenvalue weighted by Crippen LogP contribution is 2.38. The van der Waals surface area contributed by atoms with Crippen molar-refractivity contribution in [3.8, 4) is 6.07 Å². The van der Waals surface area contributed by atoms with E-state index in [0.717, 1.165) is 38.5 Å². The molecule has 3 heteroatoms. The Bertz CT molecular complexity index is 520. The number of hydrogen-bond acceptors (Lipinski definition) is 2. The van der Waals surface area contributed by atoms with Crippen molar-refractivity contribution >= 4 is 5.91 Å². The maximum Gasteiger partial charge on any atom is 0.224 e. The Morgan fingerprint density at radius 1 is 1.15 bits per heavy atom. The van der Waals surface area contributed by atoms with Crippen LogP contribution in [0.15, 0.2) is 30.3 Å². The Morgan fingerprint density at radius 3 is 2.35 bits per heavy atom. The number of amides is 1. The SMILES string of the molecule is N#CC1(NC(=O)C2CCC(c3ccccc3)CC2)CC1. The van der Waals surface area contributed by atoms with Crippen molar-refractivity contribution in [2.45, 2.75) is 50.0 Å². The molecule has 1 amide bonds. The molecule has 0 atom stereocenters. The van der Waals surface area contributed by atoms with Gasteiger partial charge < -0.3 is 5.32 Å². The molecular formula is C17H20N2O. The zero-order chi connectivity index (χ0) is 14.0. The van der Waals surface area contributed by atoms with Crippen molar-refractivity contribution in [3.63, 3.8) is 0 Å². The molecule has 104 valence electrons. The van der Waals surface area contributed by atoms with Crippen molar-refractivity contribution in [2.24, 2.45) is 5.92 Å². The summed E-state index contributed by atoms with van der Waals surface area (Å²) in [5.41, 5.74) is 0.870. The number of rotatable bonds is 3. The predicted octanol–water partition coefficient (Wildman–Crippen LogP) is 3.13. The molecule has 2 fully saturated rings. The Labute approximate surface area is 120 Å². The molecule has 2 aliphatic rings. The van der Waals surface area contributed by atoms with Gasteiger partial charge in [0, 0.05) is 5.92 Å². The summed E-state index contributed by atoms with van der Waals surface area (Å²) in [5.74, 6) is 0.780. The van der Waals surface area contributed by atoms with E-state index in [2.05, 4.69) is 35.7 Å². The first kappa shape index (κ1) is 13.2. The van der Waals surface area contributed by atoms with Gasteiger partial charge in [-0.15, -0.1) is 0 Å². The smallest absolute Gasteiger partial charge is 0.224 e. The van der Waals surface area contributed by atoms with E-state index < -0.39 is 5.54 Å². The molecule has 2 aliphatic carbocycles. The van der Waals surface area contributed by atoms with Gasteiger partial charge in [0.15, 0.2) is 0 Å². The minimum absolute atomic E-state index is 0.0931. The molecule has 3 rings (SSSR count). The third-order valence-corrected chi connectivity index (χ3v) is 4.70. The van der Waals surface area contributed by atoms with Gasteiger partial charge in [-0.25, -0.2) is 0 Å². The van der Waals surface area contributed by atoms with Crippen LogP contribution in [-0.2, 0) is 4.79 Å². The first-order valence-corrected chi connectivity index (χ1v) is 7.51. The lowest BCUT2D eigenvalue weighted by atomic mass is 9.78. The fourth-order valence-corrected chi connectivity index (χ4v) is 3.14. The van der Waals surface area contributed by atoms with Crippen molar-refractivity contribution in [1.82, 2.24) is 5.32 Å². The van der Waals surface area contributed by atoms with E-state index in [-0.39, 0.29) is 11.8 Å². The van der Waals surface area contributed by atoms with E-state index in [0.29, 0.717) is 5.92 Å². The van der Waals surface area contributed by atoms with Gasteiger partial charge in [0.2, 0.25) is 5.91 Å². The van der Waals surface area contributed by atoms with Crippen LogP contribution in [0, 0.1) is 17.2 Å². The molecule has 3 nitrogen and oxygen atoms in total. The van der Waals surface area contributed by atoms with Crippen LogP contribution in [0.25, 0.3) is 0 Å². The summed E-state index contributed by atoms with van der Waals surface area (Å²) < 4.78 is 0. The summed E-state index contributed by atoms with van der Waals surface area (Å²) in [4.78, 5) is 12.2. The zero-order valence-corrected chi connectivity index (χ0v) is 11.6. The Balaban J connectivity index is 1.54. The van der Waals surface area contributed by atoms with Gasteiger partial charge >= 0.3 is 0 Å². The van der Waals surface area contributed by atoms with E-state index in [1.54, 1.807) is 0 Å². The predicted molar refractivity (Wildman–Crippen MR) is 76.9 cm³/mol. The molecule has 0 bridgehead atoms. The van der Waals surface area contributed by atoms with Crippen LogP contribution in [0.2, 0.25) is 0 Å². The summed E-state index contributed by atoms with van der Waals surface area (Å²) in [7, 11) is 0. The second-order valence-electron chi connectivity index (χ2n) is 6.14. The molecule has 0 spiro atoms. The lowest BCUT2D eigenvalue weighted by Crippen LogP contribution is -2.40. The third kappa shape index (κ3) is 2.70. The maximum atomic E-state index is 12.2. The molecular weight excluding hydrogens is 248 g/mol. The summed E-state index contributed by atoms with van der Waals surface area (Å²) in [5, 5.41) is 12.0. The minimum Gasteiger partial charge on any atom is -0.338 e. The van der Waals surface area contributed by atoms with Gasteiger partial charge in [-0.05, 0) is 50.0 Å². The first-order valence-electron chi connectivity index (χ1n) is 7.51. The van der Waals surface area contributed by atoms with Crippen LogP contribution >= 0.6 is 0 Å². The highest BCUT2D eigenvalue weighted by atomic mass is 16.2. The largest absolute Gasteiger partial charge is 0.338 e. The lowest BCUT2D eigenvalue weighted by molar-refractivity contribution is -0.126. The number of nitrogens with zero attached hydrogens (tertiary/aromatic N) is 1. The molecule has 1 aromatic carbocycles. The van der Waals surface area contributed by atoms with Gasteiger partial charge in [0.1, 0.15) is 5.54 Å². The summed E-state index contributed by atoms with van der Waals surface area (Å²) in [6, 6.07) is 12.8. The second kappa shape index (κ2) is 5.28. The van der Waals surface area contributed by atoms with Crippen molar-refractivity contribution < 1.29 is 4.79 Å². The fraction of sp³-hybridized carbons (Fsp3) is 0.529. The number of hydrogen-bond donors (Lipinski definition) is 1. The minimum atomic E-state index is -0.520. The molecule has 0 radical (unpaired) electrons. The van der Waals surface area contributed by atoms with Gasteiger partial charge in [-0.3, -0.25) is 4.79 Å². The fourth-order valence-electron chi connectivity index (χ4n) is 3.14. The first-order chi connectivity index (χ1) is 9.72. The van der Waals surface area contributed by atoms with Crippen LogP contribution in [0.5, 0.6) is 0 Å². The van der Waals surface area contributed by atoms with Crippen LogP contribution < -0.4 is 5.32 Å². The third-order valence-electron chi connectivity index (χ3n) is 4.70.